The number of piperazine rings is 1. The van der Waals surface area contributed by atoms with E-state index >= 15 is 0 Å². The third-order valence-electron chi connectivity index (χ3n) is 4.54. The monoisotopic (exact) mass is 399 g/mol. The van der Waals surface area contributed by atoms with Crippen LogP contribution in [-0.4, -0.2) is 78.5 Å². The lowest BCUT2D eigenvalue weighted by atomic mass is 10.2. The van der Waals surface area contributed by atoms with Gasteiger partial charge >= 0.3 is 0 Å². The number of hydrogen-bond donors (Lipinski definition) is 1. The van der Waals surface area contributed by atoms with Crippen molar-refractivity contribution in [1.82, 2.24) is 19.8 Å². The van der Waals surface area contributed by atoms with Crippen molar-refractivity contribution in [3.63, 3.8) is 0 Å². The fourth-order valence-corrected chi connectivity index (χ4v) is 2.95. The SMILES string of the molecule is COc1ccc(OCCNc2nc(C)cc(C(=O)N3CCN(C=O)CC3)n2)cc1. The first kappa shape index (κ1) is 20.4. The number of nitrogens with zero attached hydrogens (tertiary/aromatic N) is 4. The Morgan fingerprint density at radius 2 is 1.83 bits per heavy atom. The second-order valence-electron chi connectivity index (χ2n) is 6.60. The van der Waals surface area contributed by atoms with Crippen molar-refractivity contribution >= 4 is 18.3 Å². The Balaban J connectivity index is 1.53. The van der Waals surface area contributed by atoms with E-state index in [2.05, 4.69) is 15.3 Å². The molecule has 29 heavy (non-hydrogen) atoms. The number of benzene rings is 1. The van der Waals surface area contributed by atoms with Gasteiger partial charge in [0.15, 0.2) is 0 Å². The zero-order valence-corrected chi connectivity index (χ0v) is 16.6. The van der Waals surface area contributed by atoms with Gasteiger partial charge in [-0.15, -0.1) is 0 Å². The topological polar surface area (TPSA) is 96.9 Å². The van der Waals surface area contributed by atoms with Gasteiger partial charge in [0.25, 0.3) is 5.91 Å². The summed E-state index contributed by atoms with van der Waals surface area (Å²) >= 11 is 0. The van der Waals surface area contributed by atoms with Crippen LogP contribution in [-0.2, 0) is 4.79 Å². The molecule has 1 fully saturated rings. The molecule has 2 amide bonds. The van der Waals surface area contributed by atoms with Gasteiger partial charge in [-0.2, -0.15) is 0 Å². The maximum absolute atomic E-state index is 12.7. The molecule has 1 N–H and O–H groups in total. The Bertz CT molecular complexity index is 835. The van der Waals surface area contributed by atoms with E-state index in [1.54, 1.807) is 23.0 Å². The summed E-state index contributed by atoms with van der Waals surface area (Å²) in [5.74, 6) is 1.74. The number of ether oxygens (including phenoxy) is 2. The molecule has 154 valence electrons. The van der Waals surface area contributed by atoms with Crippen molar-refractivity contribution in [2.24, 2.45) is 0 Å². The predicted octanol–water partition coefficient (Wildman–Crippen LogP) is 1.20. The molecule has 2 aromatic rings. The third kappa shape index (κ3) is 5.56. The lowest BCUT2D eigenvalue weighted by Crippen LogP contribution is -2.48. The minimum absolute atomic E-state index is 0.154. The average Bonchev–Trinajstić information content (AvgIpc) is 2.76. The quantitative estimate of drug-likeness (QED) is 0.526. The Morgan fingerprint density at radius 1 is 1.14 bits per heavy atom. The molecular weight excluding hydrogens is 374 g/mol. The largest absolute Gasteiger partial charge is 0.497 e. The number of carbonyl (C=O) groups excluding carboxylic acids is 2. The van der Waals surface area contributed by atoms with Crippen LogP contribution in [0.4, 0.5) is 5.95 Å². The van der Waals surface area contributed by atoms with Gasteiger partial charge in [-0.1, -0.05) is 0 Å². The number of rotatable bonds is 8. The minimum atomic E-state index is -0.154. The summed E-state index contributed by atoms with van der Waals surface area (Å²) in [7, 11) is 1.62. The zero-order chi connectivity index (χ0) is 20.6. The highest BCUT2D eigenvalue weighted by molar-refractivity contribution is 5.92. The molecule has 0 spiro atoms. The number of amides is 2. The second-order valence-corrected chi connectivity index (χ2v) is 6.60. The van der Waals surface area contributed by atoms with Gasteiger partial charge in [0.05, 0.1) is 13.7 Å². The maximum atomic E-state index is 12.7. The van der Waals surface area contributed by atoms with Crippen molar-refractivity contribution in [3.8, 4) is 11.5 Å². The normalized spacial score (nSPS) is 13.7. The minimum Gasteiger partial charge on any atom is -0.497 e. The number of hydrogen-bond acceptors (Lipinski definition) is 7. The number of aromatic nitrogens is 2. The highest BCUT2D eigenvalue weighted by atomic mass is 16.5. The van der Waals surface area contributed by atoms with E-state index in [1.807, 2.05) is 31.2 Å². The van der Waals surface area contributed by atoms with E-state index in [-0.39, 0.29) is 5.91 Å². The first-order valence-electron chi connectivity index (χ1n) is 9.44. The highest BCUT2D eigenvalue weighted by Crippen LogP contribution is 2.17. The van der Waals surface area contributed by atoms with Crippen molar-refractivity contribution in [2.45, 2.75) is 6.92 Å². The smallest absolute Gasteiger partial charge is 0.272 e. The van der Waals surface area contributed by atoms with Gasteiger partial charge in [0, 0.05) is 31.9 Å². The molecular formula is C20H25N5O4. The van der Waals surface area contributed by atoms with E-state index < -0.39 is 0 Å². The van der Waals surface area contributed by atoms with Crippen molar-refractivity contribution < 1.29 is 19.1 Å². The molecule has 1 aromatic carbocycles. The van der Waals surface area contributed by atoms with Crippen LogP contribution in [0.15, 0.2) is 30.3 Å². The number of methoxy groups -OCH3 is 1. The molecule has 1 aromatic heterocycles. The summed E-state index contributed by atoms with van der Waals surface area (Å²) in [5, 5.41) is 3.10. The first-order valence-corrected chi connectivity index (χ1v) is 9.44. The standard InChI is InChI=1S/C20H25N5O4/c1-15-13-18(19(27)25-10-8-24(14-26)9-11-25)23-20(22-15)21-7-12-29-17-5-3-16(28-2)4-6-17/h3-6,13-14H,7-12H2,1-2H3,(H,21,22,23). The van der Waals surface area contributed by atoms with Crippen LogP contribution in [0.3, 0.4) is 0 Å². The van der Waals surface area contributed by atoms with Crippen LogP contribution in [0, 0.1) is 6.92 Å². The Morgan fingerprint density at radius 3 is 2.48 bits per heavy atom. The predicted molar refractivity (Wildman–Crippen MR) is 107 cm³/mol. The number of carbonyl (C=O) groups is 2. The molecule has 0 saturated carbocycles. The Kier molecular flexibility index (Phi) is 6.83. The molecule has 9 nitrogen and oxygen atoms in total. The Labute approximate surface area is 169 Å². The van der Waals surface area contributed by atoms with E-state index in [9.17, 15) is 9.59 Å². The van der Waals surface area contributed by atoms with Gasteiger partial charge in [0.2, 0.25) is 12.4 Å². The fraction of sp³-hybridized carbons (Fsp3) is 0.400. The molecule has 9 heteroatoms. The van der Waals surface area contributed by atoms with Gasteiger partial charge in [-0.3, -0.25) is 9.59 Å². The van der Waals surface area contributed by atoms with E-state index in [1.165, 1.54) is 0 Å². The van der Waals surface area contributed by atoms with Gasteiger partial charge < -0.3 is 24.6 Å². The summed E-state index contributed by atoms with van der Waals surface area (Å²) < 4.78 is 10.8. The summed E-state index contributed by atoms with van der Waals surface area (Å²) in [5.41, 5.74) is 1.05. The zero-order valence-electron chi connectivity index (χ0n) is 16.6. The van der Waals surface area contributed by atoms with E-state index in [4.69, 9.17) is 9.47 Å². The molecule has 2 heterocycles. The lowest BCUT2D eigenvalue weighted by Gasteiger charge is -2.32. The average molecular weight is 399 g/mol. The first-order chi connectivity index (χ1) is 14.1. The van der Waals surface area contributed by atoms with Crippen LogP contribution in [0.1, 0.15) is 16.2 Å². The van der Waals surface area contributed by atoms with Crippen molar-refractivity contribution in [2.75, 3.05) is 51.8 Å². The molecule has 1 aliphatic rings. The molecule has 0 atom stereocenters. The maximum Gasteiger partial charge on any atom is 0.272 e. The molecule has 0 radical (unpaired) electrons. The highest BCUT2D eigenvalue weighted by Gasteiger charge is 2.23. The molecule has 0 bridgehead atoms. The Hall–Kier alpha value is -3.36. The number of anilines is 1. The van der Waals surface area contributed by atoms with Crippen LogP contribution >= 0.6 is 0 Å². The summed E-state index contributed by atoms with van der Waals surface area (Å²) in [6, 6.07) is 9.01. The molecule has 1 aliphatic heterocycles. The van der Waals surface area contributed by atoms with Gasteiger partial charge in [-0.05, 0) is 37.3 Å². The summed E-state index contributed by atoms with van der Waals surface area (Å²) in [4.78, 5) is 35.6. The molecule has 0 unspecified atom stereocenters. The molecule has 1 saturated heterocycles. The summed E-state index contributed by atoms with van der Waals surface area (Å²) in [6.45, 7) is 4.79. The molecule has 3 rings (SSSR count). The van der Waals surface area contributed by atoms with Crippen LogP contribution in [0.2, 0.25) is 0 Å². The number of nitrogens with one attached hydrogen (secondary N) is 1. The molecule has 0 aliphatic carbocycles. The fourth-order valence-electron chi connectivity index (χ4n) is 2.95. The van der Waals surface area contributed by atoms with Crippen molar-refractivity contribution in [3.05, 3.63) is 41.7 Å². The van der Waals surface area contributed by atoms with Crippen LogP contribution in [0.5, 0.6) is 11.5 Å². The summed E-state index contributed by atoms with van der Waals surface area (Å²) in [6.07, 6.45) is 0.812. The van der Waals surface area contributed by atoms with Gasteiger partial charge in [0.1, 0.15) is 23.8 Å². The van der Waals surface area contributed by atoms with E-state index in [0.29, 0.717) is 56.7 Å². The number of aryl methyl sites for hydroxylation is 1. The van der Waals surface area contributed by atoms with Gasteiger partial charge in [-0.25, -0.2) is 9.97 Å². The van der Waals surface area contributed by atoms with Crippen LogP contribution in [0.25, 0.3) is 0 Å². The van der Waals surface area contributed by atoms with Crippen LogP contribution < -0.4 is 14.8 Å². The van der Waals surface area contributed by atoms with E-state index in [0.717, 1.165) is 17.9 Å². The third-order valence-corrected chi connectivity index (χ3v) is 4.54. The second kappa shape index (κ2) is 9.72. The lowest BCUT2D eigenvalue weighted by molar-refractivity contribution is -0.119. The van der Waals surface area contributed by atoms with Crippen molar-refractivity contribution in [1.29, 1.82) is 0 Å².